The van der Waals surface area contributed by atoms with E-state index in [1.165, 1.54) is 18.2 Å². The number of carboxylic acid groups (broad SMARTS) is 1. The molecule has 0 bridgehead atoms. The maximum absolute atomic E-state index is 10.9. The van der Waals surface area contributed by atoms with Gasteiger partial charge in [0, 0.05) is 17.8 Å². The lowest BCUT2D eigenvalue weighted by atomic mass is 9.97. The minimum Gasteiger partial charge on any atom is -0.478 e. The van der Waals surface area contributed by atoms with Crippen molar-refractivity contribution in [3.63, 3.8) is 0 Å². The predicted molar refractivity (Wildman–Crippen MR) is 57.8 cm³/mol. The van der Waals surface area contributed by atoms with Gasteiger partial charge in [-0.25, -0.2) is 4.79 Å². The van der Waals surface area contributed by atoms with Gasteiger partial charge < -0.3 is 26.8 Å². The summed E-state index contributed by atoms with van der Waals surface area (Å²) in [4.78, 5) is 10.9. The number of benzene rings is 1. The Balaban J connectivity index is 3.24. The molecule has 0 heterocycles. The molecular formula is C10H14N2O4. The zero-order valence-corrected chi connectivity index (χ0v) is 8.50. The Bertz CT molecular complexity index is 394. The van der Waals surface area contributed by atoms with Crippen LogP contribution in [0.3, 0.4) is 0 Å². The highest BCUT2D eigenvalue weighted by Gasteiger charge is 2.24. The topological polar surface area (TPSA) is 130 Å². The predicted octanol–water partition coefficient (Wildman–Crippen LogP) is -0.680. The van der Waals surface area contributed by atoms with Crippen LogP contribution in [-0.4, -0.2) is 33.9 Å². The van der Waals surface area contributed by atoms with Crippen molar-refractivity contribution < 1.29 is 20.1 Å². The number of hydrogen-bond acceptors (Lipinski definition) is 5. The van der Waals surface area contributed by atoms with Crippen LogP contribution in [0.4, 0.5) is 5.69 Å². The summed E-state index contributed by atoms with van der Waals surface area (Å²) >= 11 is 0. The van der Waals surface area contributed by atoms with Crippen molar-refractivity contribution in [3.8, 4) is 0 Å². The number of rotatable bonds is 4. The molecule has 1 aromatic carbocycles. The highest BCUT2D eigenvalue weighted by molar-refractivity contribution is 5.91. The summed E-state index contributed by atoms with van der Waals surface area (Å²) in [7, 11) is 0. The summed E-state index contributed by atoms with van der Waals surface area (Å²) in [5, 5.41) is 28.0. The summed E-state index contributed by atoms with van der Waals surface area (Å²) < 4.78 is 0. The van der Waals surface area contributed by atoms with E-state index in [0.717, 1.165) is 0 Å². The fourth-order valence-electron chi connectivity index (χ4n) is 1.42. The van der Waals surface area contributed by atoms with Crippen LogP contribution in [0.25, 0.3) is 0 Å². The van der Waals surface area contributed by atoms with Crippen molar-refractivity contribution in [2.75, 3.05) is 12.3 Å². The van der Waals surface area contributed by atoms with Gasteiger partial charge in [-0.3, -0.25) is 0 Å². The van der Waals surface area contributed by atoms with E-state index in [9.17, 15) is 15.0 Å². The van der Waals surface area contributed by atoms with Crippen molar-refractivity contribution in [1.82, 2.24) is 0 Å². The van der Waals surface area contributed by atoms with Gasteiger partial charge in [-0.05, 0) is 12.1 Å². The third-order valence-electron chi connectivity index (χ3n) is 2.27. The van der Waals surface area contributed by atoms with Gasteiger partial charge in [-0.15, -0.1) is 0 Å². The van der Waals surface area contributed by atoms with E-state index in [-0.39, 0.29) is 23.4 Å². The first-order valence-electron chi connectivity index (χ1n) is 4.67. The number of anilines is 1. The Morgan fingerprint density at radius 2 is 2.00 bits per heavy atom. The quantitative estimate of drug-likeness (QED) is 0.432. The smallest absolute Gasteiger partial charge is 0.336 e. The standard InChI is InChI=1S/C10H14N2O4/c11-4-7(13)9(14)8-5(10(15)16)2-1-3-6(8)12/h1-3,7,9,13-14H,4,11-12H2,(H,15,16). The zero-order chi connectivity index (χ0) is 12.3. The van der Waals surface area contributed by atoms with Crippen molar-refractivity contribution in [3.05, 3.63) is 29.3 Å². The Labute approximate surface area is 92.1 Å². The third kappa shape index (κ3) is 2.30. The molecule has 0 aromatic heterocycles. The Morgan fingerprint density at radius 3 is 2.50 bits per heavy atom. The molecule has 0 radical (unpaired) electrons. The molecule has 0 aliphatic heterocycles. The summed E-state index contributed by atoms with van der Waals surface area (Å²) in [5.74, 6) is -1.22. The number of nitrogen functional groups attached to an aromatic ring is 1. The molecule has 16 heavy (non-hydrogen) atoms. The molecule has 0 saturated carbocycles. The summed E-state index contributed by atoms with van der Waals surface area (Å²) in [5.41, 5.74) is 10.7. The molecule has 2 atom stereocenters. The summed E-state index contributed by atoms with van der Waals surface area (Å²) in [6.07, 6.45) is -2.65. The lowest BCUT2D eigenvalue weighted by molar-refractivity contribution is 0.0236. The monoisotopic (exact) mass is 226 g/mol. The van der Waals surface area contributed by atoms with Crippen LogP contribution in [0.2, 0.25) is 0 Å². The van der Waals surface area contributed by atoms with Gasteiger partial charge in [0.1, 0.15) is 6.10 Å². The second kappa shape index (κ2) is 4.93. The highest BCUT2D eigenvalue weighted by atomic mass is 16.4. The number of aliphatic hydroxyl groups is 2. The largest absolute Gasteiger partial charge is 0.478 e. The maximum atomic E-state index is 10.9. The number of nitrogens with two attached hydrogens (primary N) is 2. The molecule has 0 amide bonds. The van der Waals surface area contributed by atoms with Gasteiger partial charge in [0.2, 0.25) is 0 Å². The minimum absolute atomic E-state index is 0.00653. The molecular weight excluding hydrogens is 212 g/mol. The van der Waals surface area contributed by atoms with E-state index in [1.807, 2.05) is 0 Å². The molecule has 7 N–H and O–H groups in total. The van der Waals surface area contributed by atoms with Crippen molar-refractivity contribution in [2.24, 2.45) is 5.73 Å². The van der Waals surface area contributed by atoms with Crippen LogP contribution in [0.15, 0.2) is 18.2 Å². The average molecular weight is 226 g/mol. The third-order valence-corrected chi connectivity index (χ3v) is 2.27. The van der Waals surface area contributed by atoms with Crippen molar-refractivity contribution in [2.45, 2.75) is 12.2 Å². The van der Waals surface area contributed by atoms with Gasteiger partial charge in [0.25, 0.3) is 0 Å². The van der Waals surface area contributed by atoms with E-state index >= 15 is 0 Å². The van der Waals surface area contributed by atoms with E-state index < -0.39 is 18.2 Å². The second-order valence-electron chi connectivity index (χ2n) is 3.36. The Kier molecular flexibility index (Phi) is 3.83. The van der Waals surface area contributed by atoms with E-state index in [1.54, 1.807) is 0 Å². The number of carboxylic acids is 1. The molecule has 0 saturated heterocycles. The number of aromatic carboxylic acids is 1. The SMILES string of the molecule is NCC(O)C(O)c1c(N)cccc1C(=O)O. The Morgan fingerprint density at radius 1 is 1.38 bits per heavy atom. The molecule has 1 aromatic rings. The van der Waals surface area contributed by atoms with E-state index in [4.69, 9.17) is 16.6 Å². The molecule has 0 aliphatic rings. The van der Waals surface area contributed by atoms with Crippen LogP contribution in [0, 0.1) is 0 Å². The lowest BCUT2D eigenvalue weighted by Crippen LogP contribution is -2.29. The number of hydrogen-bond donors (Lipinski definition) is 5. The zero-order valence-electron chi connectivity index (χ0n) is 8.50. The molecule has 0 aliphatic carbocycles. The minimum atomic E-state index is -1.41. The fraction of sp³-hybridized carbons (Fsp3) is 0.300. The van der Waals surface area contributed by atoms with Gasteiger partial charge in [0.05, 0.1) is 11.7 Å². The Hall–Kier alpha value is -1.63. The highest BCUT2D eigenvalue weighted by Crippen LogP contribution is 2.26. The average Bonchev–Trinajstić information content (AvgIpc) is 2.26. The molecule has 6 nitrogen and oxygen atoms in total. The second-order valence-corrected chi connectivity index (χ2v) is 3.36. The first-order chi connectivity index (χ1) is 7.49. The molecule has 1 rings (SSSR count). The molecule has 6 heteroatoms. The number of carbonyl (C=O) groups is 1. The first kappa shape index (κ1) is 12.4. The van der Waals surface area contributed by atoms with E-state index in [0.29, 0.717) is 0 Å². The van der Waals surface area contributed by atoms with Crippen LogP contribution < -0.4 is 11.5 Å². The van der Waals surface area contributed by atoms with Gasteiger partial charge in [0.15, 0.2) is 0 Å². The lowest BCUT2D eigenvalue weighted by Gasteiger charge is -2.19. The number of aliphatic hydroxyl groups excluding tert-OH is 2. The molecule has 0 spiro atoms. The van der Waals surface area contributed by atoms with Crippen molar-refractivity contribution in [1.29, 1.82) is 0 Å². The van der Waals surface area contributed by atoms with Gasteiger partial charge >= 0.3 is 5.97 Å². The fourth-order valence-corrected chi connectivity index (χ4v) is 1.42. The van der Waals surface area contributed by atoms with Crippen molar-refractivity contribution >= 4 is 11.7 Å². The summed E-state index contributed by atoms with van der Waals surface area (Å²) in [6, 6.07) is 4.22. The molecule has 0 fully saturated rings. The van der Waals surface area contributed by atoms with Gasteiger partial charge in [-0.1, -0.05) is 6.07 Å². The summed E-state index contributed by atoms with van der Waals surface area (Å²) in [6.45, 7) is -0.186. The normalized spacial score (nSPS) is 14.4. The first-order valence-corrected chi connectivity index (χ1v) is 4.67. The van der Waals surface area contributed by atoms with Crippen LogP contribution in [0.5, 0.6) is 0 Å². The van der Waals surface area contributed by atoms with Crippen LogP contribution >= 0.6 is 0 Å². The van der Waals surface area contributed by atoms with Gasteiger partial charge in [-0.2, -0.15) is 0 Å². The maximum Gasteiger partial charge on any atom is 0.336 e. The molecule has 88 valence electrons. The van der Waals surface area contributed by atoms with E-state index in [2.05, 4.69) is 0 Å². The van der Waals surface area contributed by atoms with Crippen LogP contribution in [-0.2, 0) is 0 Å². The van der Waals surface area contributed by atoms with Crippen LogP contribution in [0.1, 0.15) is 22.0 Å². The molecule has 2 unspecified atom stereocenters.